The molecule has 1 N–H and O–H groups in total. The second-order valence-electron chi connectivity index (χ2n) is 5.04. The molecule has 2 aromatic heterocycles. The molecule has 5 heteroatoms. The van der Waals surface area contributed by atoms with Crippen molar-refractivity contribution >= 4 is 17.6 Å². The Morgan fingerprint density at radius 1 is 1.19 bits per heavy atom. The van der Waals surface area contributed by atoms with E-state index in [0.717, 1.165) is 58.7 Å². The van der Waals surface area contributed by atoms with Crippen LogP contribution in [0.3, 0.4) is 0 Å². The van der Waals surface area contributed by atoms with E-state index in [-0.39, 0.29) is 0 Å². The van der Waals surface area contributed by atoms with E-state index < -0.39 is 0 Å². The van der Waals surface area contributed by atoms with E-state index in [1.807, 2.05) is 13.0 Å². The molecule has 2 heterocycles. The number of rotatable bonds is 7. The van der Waals surface area contributed by atoms with Gasteiger partial charge in [0.05, 0.1) is 11.2 Å². The molecule has 0 aromatic carbocycles. The zero-order chi connectivity index (χ0) is 15.2. The molecule has 2 rings (SSSR count). The van der Waals surface area contributed by atoms with Crippen LogP contribution in [-0.2, 0) is 6.42 Å². The van der Waals surface area contributed by atoms with Gasteiger partial charge in [0.1, 0.15) is 22.4 Å². The van der Waals surface area contributed by atoms with Crippen LogP contribution in [0, 0.1) is 13.8 Å². The Bertz CT molecular complexity index is 595. The monoisotopic (exact) mass is 305 g/mol. The van der Waals surface area contributed by atoms with Crippen molar-refractivity contribution in [2.75, 3.05) is 11.9 Å². The molecule has 0 aliphatic carbocycles. The van der Waals surface area contributed by atoms with Gasteiger partial charge in [-0.25, -0.2) is 9.97 Å². The molecule has 0 saturated heterocycles. The normalized spacial score (nSPS) is 10.9. The predicted molar refractivity (Wildman–Crippen MR) is 87.1 cm³/mol. The highest BCUT2D eigenvalue weighted by Crippen LogP contribution is 2.33. The predicted octanol–water partition coefficient (Wildman–Crippen LogP) is 4.61. The molecular weight excluding hydrogens is 282 g/mol. The standard InChI is InChI=1S/C16H23N3OS/c1-5-7-14-18-15(17-9-6-2)11(3)16(19-14)21-13-8-10-20-12(13)4/h8,10H,5-7,9H2,1-4H3,(H,17,18,19). The van der Waals surface area contributed by atoms with Crippen LogP contribution in [0.5, 0.6) is 0 Å². The number of nitrogens with zero attached hydrogens (tertiary/aromatic N) is 2. The van der Waals surface area contributed by atoms with Crippen molar-refractivity contribution in [3.8, 4) is 0 Å². The summed E-state index contributed by atoms with van der Waals surface area (Å²) in [6, 6.07) is 1.99. The van der Waals surface area contributed by atoms with Gasteiger partial charge in [0.15, 0.2) is 0 Å². The van der Waals surface area contributed by atoms with Gasteiger partial charge in [-0.05, 0) is 32.8 Å². The number of nitrogens with one attached hydrogen (secondary N) is 1. The second kappa shape index (κ2) is 7.50. The minimum Gasteiger partial charge on any atom is -0.468 e. The highest BCUT2D eigenvalue weighted by Gasteiger charge is 2.13. The summed E-state index contributed by atoms with van der Waals surface area (Å²) in [5.74, 6) is 2.79. The fourth-order valence-corrected chi connectivity index (χ4v) is 2.90. The van der Waals surface area contributed by atoms with E-state index >= 15 is 0 Å². The van der Waals surface area contributed by atoms with Crippen LogP contribution >= 0.6 is 11.8 Å². The number of anilines is 1. The summed E-state index contributed by atoms with van der Waals surface area (Å²) < 4.78 is 5.37. The molecule has 0 saturated carbocycles. The van der Waals surface area contributed by atoms with E-state index in [1.165, 1.54) is 0 Å². The number of hydrogen-bond acceptors (Lipinski definition) is 5. The molecule has 0 spiro atoms. The Morgan fingerprint density at radius 3 is 2.62 bits per heavy atom. The first-order valence-electron chi connectivity index (χ1n) is 7.49. The molecule has 0 aliphatic heterocycles. The second-order valence-corrected chi connectivity index (χ2v) is 6.07. The molecule has 0 atom stereocenters. The number of aryl methyl sites for hydroxylation is 2. The molecule has 0 aliphatic rings. The first-order valence-corrected chi connectivity index (χ1v) is 8.30. The van der Waals surface area contributed by atoms with E-state index in [9.17, 15) is 0 Å². The molecule has 0 unspecified atom stereocenters. The van der Waals surface area contributed by atoms with Crippen LogP contribution < -0.4 is 5.32 Å². The third-order valence-corrected chi connectivity index (χ3v) is 4.42. The van der Waals surface area contributed by atoms with Crippen LogP contribution in [-0.4, -0.2) is 16.5 Å². The fourth-order valence-electron chi connectivity index (χ4n) is 1.97. The number of furan rings is 1. The molecule has 114 valence electrons. The summed E-state index contributed by atoms with van der Waals surface area (Å²) in [4.78, 5) is 10.5. The van der Waals surface area contributed by atoms with E-state index in [2.05, 4.69) is 31.1 Å². The van der Waals surface area contributed by atoms with Crippen molar-refractivity contribution in [3.63, 3.8) is 0 Å². The van der Waals surface area contributed by atoms with E-state index in [4.69, 9.17) is 9.40 Å². The highest BCUT2D eigenvalue weighted by molar-refractivity contribution is 7.99. The van der Waals surface area contributed by atoms with Crippen molar-refractivity contribution in [1.29, 1.82) is 0 Å². The fraction of sp³-hybridized carbons (Fsp3) is 0.500. The Labute approximate surface area is 130 Å². The van der Waals surface area contributed by atoms with Crippen molar-refractivity contribution in [2.24, 2.45) is 0 Å². The smallest absolute Gasteiger partial charge is 0.133 e. The van der Waals surface area contributed by atoms with Gasteiger partial charge in [-0.15, -0.1) is 0 Å². The maximum Gasteiger partial charge on any atom is 0.133 e. The third-order valence-electron chi connectivity index (χ3n) is 3.18. The minimum absolute atomic E-state index is 0.902. The molecule has 0 fully saturated rings. The third kappa shape index (κ3) is 4.00. The zero-order valence-corrected chi connectivity index (χ0v) is 14.0. The van der Waals surface area contributed by atoms with Gasteiger partial charge in [0, 0.05) is 18.5 Å². The summed E-state index contributed by atoms with van der Waals surface area (Å²) >= 11 is 1.65. The number of hydrogen-bond donors (Lipinski definition) is 1. The SMILES string of the molecule is CCCNc1nc(CCC)nc(Sc2ccoc2C)c1C. The van der Waals surface area contributed by atoms with Crippen molar-refractivity contribution in [1.82, 2.24) is 9.97 Å². The van der Waals surface area contributed by atoms with Gasteiger partial charge in [-0.2, -0.15) is 0 Å². The van der Waals surface area contributed by atoms with E-state index in [0.29, 0.717) is 0 Å². The largest absolute Gasteiger partial charge is 0.468 e. The van der Waals surface area contributed by atoms with Gasteiger partial charge in [-0.3, -0.25) is 0 Å². The van der Waals surface area contributed by atoms with Gasteiger partial charge < -0.3 is 9.73 Å². The maximum absolute atomic E-state index is 5.37. The maximum atomic E-state index is 5.37. The number of aromatic nitrogens is 2. The minimum atomic E-state index is 0.902. The van der Waals surface area contributed by atoms with Crippen LogP contribution in [0.1, 0.15) is 43.8 Å². The Morgan fingerprint density at radius 2 is 2.00 bits per heavy atom. The van der Waals surface area contributed by atoms with E-state index in [1.54, 1.807) is 18.0 Å². The van der Waals surface area contributed by atoms with Gasteiger partial charge in [0.2, 0.25) is 0 Å². The summed E-state index contributed by atoms with van der Waals surface area (Å²) in [6.07, 6.45) is 4.75. The first kappa shape index (κ1) is 15.9. The molecule has 2 aromatic rings. The van der Waals surface area contributed by atoms with Crippen molar-refractivity contribution in [2.45, 2.75) is 56.9 Å². The molecule has 0 bridgehead atoms. The molecular formula is C16H23N3OS. The van der Waals surface area contributed by atoms with Crippen LogP contribution in [0.4, 0.5) is 5.82 Å². The lowest BCUT2D eigenvalue weighted by Crippen LogP contribution is -2.08. The van der Waals surface area contributed by atoms with Crippen LogP contribution in [0.15, 0.2) is 26.7 Å². The average molecular weight is 305 g/mol. The van der Waals surface area contributed by atoms with Crippen LogP contribution in [0.2, 0.25) is 0 Å². The first-order chi connectivity index (χ1) is 10.2. The highest BCUT2D eigenvalue weighted by atomic mass is 32.2. The lowest BCUT2D eigenvalue weighted by Gasteiger charge is -2.13. The summed E-state index contributed by atoms with van der Waals surface area (Å²) in [6.45, 7) is 9.28. The van der Waals surface area contributed by atoms with Crippen LogP contribution in [0.25, 0.3) is 0 Å². The Kier molecular flexibility index (Phi) is 5.67. The molecule has 4 nitrogen and oxygen atoms in total. The van der Waals surface area contributed by atoms with Gasteiger partial charge in [-0.1, -0.05) is 25.6 Å². The van der Waals surface area contributed by atoms with Gasteiger partial charge >= 0.3 is 0 Å². The topological polar surface area (TPSA) is 51.0 Å². The summed E-state index contributed by atoms with van der Waals surface area (Å²) in [5.41, 5.74) is 1.11. The quantitative estimate of drug-likeness (QED) is 0.757. The summed E-state index contributed by atoms with van der Waals surface area (Å²) in [7, 11) is 0. The Balaban J connectivity index is 2.33. The summed E-state index contributed by atoms with van der Waals surface area (Å²) in [5, 5.41) is 4.42. The molecule has 0 radical (unpaired) electrons. The van der Waals surface area contributed by atoms with Gasteiger partial charge in [0.25, 0.3) is 0 Å². The lowest BCUT2D eigenvalue weighted by atomic mass is 10.3. The van der Waals surface area contributed by atoms with Crippen molar-refractivity contribution < 1.29 is 4.42 Å². The molecule has 21 heavy (non-hydrogen) atoms. The molecule has 0 amide bonds. The van der Waals surface area contributed by atoms with Crippen molar-refractivity contribution in [3.05, 3.63) is 29.5 Å². The zero-order valence-electron chi connectivity index (χ0n) is 13.2. The Hall–Kier alpha value is -1.49. The lowest BCUT2D eigenvalue weighted by molar-refractivity contribution is 0.527. The average Bonchev–Trinajstić information content (AvgIpc) is 2.86.